The van der Waals surface area contributed by atoms with E-state index in [1.165, 1.54) is 5.56 Å². The third kappa shape index (κ3) is 2.54. The monoisotopic (exact) mass is 181 g/mol. The first-order valence-electron chi connectivity index (χ1n) is 4.00. The van der Waals surface area contributed by atoms with Crippen LogP contribution in [0, 0.1) is 6.42 Å². The maximum Gasteiger partial charge on any atom is 0.152 e. The van der Waals surface area contributed by atoms with E-state index < -0.39 is 11.2 Å². The second-order valence-electron chi connectivity index (χ2n) is 2.64. The highest BCUT2D eigenvalue weighted by atomic mass is 32.2. The van der Waals surface area contributed by atoms with Gasteiger partial charge >= 0.3 is 0 Å². The maximum absolute atomic E-state index is 11.0. The van der Waals surface area contributed by atoms with Gasteiger partial charge in [0.15, 0.2) is 4.90 Å². The number of hydrogen-bond donors (Lipinski definition) is 0. The van der Waals surface area contributed by atoms with Crippen LogP contribution in [0.4, 0.5) is 0 Å². The Morgan fingerprint density at radius 2 is 1.92 bits per heavy atom. The lowest BCUT2D eigenvalue weighted by Gasteiger charge is -2.04. The molecule has 0 aliphatic rings. The average molecular weight is 181 g/mol. The minimum Gasteiger partial charge on any atom is -0.612 e. The molecule has 0 aliphatic carbocycles. The summed E-state index contributed by atoms with van der Waals surface area (Å²) in [6, 6.07) is 7.83. The first kappa shape index (κ1) is 9.62. The quantitative estimate of drug-likeness (QED) is 0.657. The second-order valence-corrected chi connectivity index (χ2v) is 4.02. The van der Waals surface area contributed by atoms with E-state index in [0.717, 1.165) is 11.3 Å². The molecule has 2 heteroatoms. The molecular weight excluding hydrogens is 168 g/mol. The molecule has 12 heavy (non-hydrogen) atoms. The summed E-state index contributed by atoms with van der Waals surface area (Å²) in [6.07, 6.45) is 4.87. The third-order valence-electron chi connectivity index (χ3n) is 1.65. The van der Waals surface area contributed by atoms with Gasteiger partial charge in [0.25, 0.3) is 0 Å². The first-order valence-corrected chi connectivity index (χ1v) is 5.56. The van der Waals surface area contributed by atoms with Crippen LogP contribution >= 0.6 is 0 Å². The van der Waals surface area contributed by atoms with Crippen LogP contribution in [0.25, 0.3) is 0 Å². The maximum atomic E-state index is 11.0. The van der Waals surface area contributed by atoms with Gasteiger partial charge in [0, 0.05) is 0 Å². The van der Waals surface area contributed by atoms with Crippen LogP contribution < -0.4 is 0 Å². The Morgan fingerprint density at radius 3 is 2.33 bits per heavy atom. The Morgan fingerprint density at radius 1 is 1.33 bits per heavy atom. The van der Waals surface area contributed by atoms with Gasteiger partial charge in [0.05, 0.1) is 0 Å². The Hall–Kier alpha value is -0.470. The summed E-state index contributed by atoms with van der Waals surface area (Å²) >= 11 is -0.855. The number of hydrogen-bond acceptors (Lipinski definition) is 1. The van der Waals surface area contributed by atoms with Gasteiger partial charge < -0.3 is 4.55 Å². The van der Waals surface area contributed by atoms with Gasteiger partial charge in [-0.05, 0) is 41.7 Å². The van der Waals surface area contributed by atoms with Crippen molar-refractivity contribution < 1.29 is 4.55 Å². The topological polar surface area (TPSA) is 23.1 Å². The lowest BCUT2D eigenvalue weighted by molar-refractivity contribution is 0.601. The fourth-order valence-corrected chi connectivity index (χ4v) is 1.55. The van der Waals surface area contributed by atoms with Crippen LogP contribution in [0.15, 0.2) is 29.2 Å². The smallest absolute Gasteiger partial charge is 0.152 e. The summed E-state index contributed by atoms with van der Waals surface area (Å²) in [5, 5.41) is 0. The van der Waals surface area contributed by atoms with E-state index >= 15 is 0 Å². The van der Waals surface area contributed by atoms with Gasteiger partial charge in [0.2, 0.25) is 0 Å². The summed E-state index contributed by atoms with van der Waals surface area (Å²) in [6.45, 7) is 2.10. The van der Waals surface area contributed by atoms with Crippen LogP contribution in [-0.4, -0.2) is 10.8 Å². The molecule has 0 saturated heterocycles. The second kappa shape index (κ2) is 4.53. The molecule has 1 nitrogen and oxygen atoms in total. The lowest BCUT2D eigenvalue weighted by atomic mass is 10.1. The van der Waals surface area contributed by atoms with Gasteiger partial charge in [-0.3, -0.25) is 0 Å². The molecule has 0 fully saturated rings. The Kier molecular flexibility index (Phi) is 3.63. The normalized spacial score (nSPS) is 12.9. The molecule has 1 aromatic carbocycles. The highest BCUT2D eigenvalue weighted by Crippen LogP contribution is 2.12. The van der Waals surface area contributed by atoms with Gasteiger partial charge in [-0.1, -0.05) is 19.1 Å². The van der Waals surface area contributed by atoms with Crippen LogP contribution in [-0.2, 0) is 11.2 Å². The Bertz CT molecular complexity index is 228. The van der Waals surface area contributed by atoms with Crippen molar-refractivity contribution in [2.45, 2.75) is 18.2 Å². The van der Waals surface area contributed by atoms with Gasteiger partial charge in [-0.25, -0.2) is 0 Å². The predicted octanol–water partition coefficient (Wildman–Crippen LogP) is 2.39. The van der Waals surface area contributed by atoms with E-state index in [0.29, 0.717) is 0 Å². The molecular formula is C10H13OS. The number of benzene rings is 1. The molecule has 1 rings (SSSR count). The third-order valence-corrected chi connectivity index (χ3v) is 2.59. The largest absolute Gasteiger partial charge is 0.612 e. The van der Waals surface area contributed by atoms with E-state index in [1.807, 2.05) is 24.3 Å². The van der Waals surface area contributed by atoms with Crippen molar-refractivity contribution in [1.82, 2.24) is 0 Å². The van der Waals surface area contributed by atoms with Crippen LogP contribution in [0.1, 0.15) is 18.9 Å². The minimum atomic E-state index is -0.855. The SMILES string of the molecule is CC[CH]c1ccc([S+](C)[O-])cc1. The fourth-order valence-electron chi connectivity index (χ4n) is 1.03. The lowest BCUT2D eigenvalue weighted by Crippen LogP contribution is -1.96. The molecule has 1 aromatic rings. The zero-order valence-electron chi connectivity index (χ0n) is 7.41. The molecule has 65 valence electrons. The molecule has 1 unspecified atom stereocenters. The summed E-state index contributed by atoms with van der Waals surface area (Å²) < 4.78 is 11.0. The standard InChI is InChI=1S/C10H13OS/c1-3-4-9-5-7-10(8-6-9)12(2)11/h4-8H,3H2,1-2H3. The van der Waals surface area contributed by atoms with Crippen LogP contribution in [0.2, 0.25) is 0 Å². The van der Waals surface area contributed by atoms with E-state index in [-0.39, 0.29) is 0 Å². The minimum absolute atomic E-state index is 0.855. The fraction of sp³-hybridized carbons (Fsp3) is 0.300. The van der Waals surface area contributed by atoms with Crippen molar-refractivity contribution in [1.29, 1.82) is 0 Å². The van der Waals surface area contributed by atoms with Crippen molar-refractivity contribution >= 4 is 11.2 Å². The molecule has 0 spiro atoms. The molecule has 1 radical (unpaired) electrons. The van der Waals surface area contributed by atoms with Crippen molar-refractivity contribution in [3.63, 3.8) is 0 Å². The molecule has 0 amide bonds. The highest BCUT2D eigenvalue weighted by Gasteiger charge is 2.01. The average Bonchev–Trinajstić information content (AvgIpc) is 2.06. The van der Waals surface area contributed by atoms with Gasteiger partial charge in [-0.2, -0.15) is 0 Å². The summed E-state index contributed by atoms with van der Waals surface area (Å²) in [4.78, 5) is 0.892. The van der Waals surface area contributed by atoms with Crippen molar-refractivity contribution in [3.8, 4) is 0 Å². The Balaban J connectivity index is 2.71. The zero-order valence-corrected chi connectivity index (χ0v) is 8.23. The molecule has 0 bridgehead atoms. The number of rotatable bonds is 3. The van der Waals surface area contributed by atoms with E-state index in [2.05, 4.69) is 13.3 Å². The summed E-state index contributed by atoms with van der Waals surface area (Å²) in [5.74, 6) is 0. The molecule has 0 saturated carbocycles. The molecule has 0 N–H and O–H groups in total. The van der Waals surface area contributed by atoms with Crippen molar-refractivity contribution in [2.24, 2.45) is 0 Å². The molecule has 0 heterocycles. The molecule has 1 atom stereocenters. The predicted molar refractivity (Wildman–Crippen MR) is 52.5 cm³/mol. The summed E-state index contributed by atoms with van der Waals surface area (Å²) in [7, 11) is 0. The Labute approximate surface area is 77.0 Å². The molecule has 0 aliphatic heterocycles. The van der Waals surface area contributed by atoms with E-state index in [1.54, 1.807) is 6.26 Å². The summed E-state index contributed by atoms with van der Waals surface area (Å²) in [5.41, 5.74) is 1.20. The van der Waals surface area contributed by atoms with Crippen molar-refractivity contribution in [3.05, 3.63) is 36.2 Å². The van der Waals surface area contributed by atoms with E-state index in [4.69, 9.17) is 0 Å². The first-order chi connectivity index (χ1) is 5.74. The highest BCUT2D eigenvalue weighted by molar-refractivity contribution is 7.90. The van der Waals surface area contributed by atoms with E-state index in [9.17, 15) is 4.55 Å². The van der Waals surface area contributed by atoms with Crippen LogP contribution in [0.5, 0.6) is 0 Å². The molecule has 0 aromatic heterocycles. The zero-order chi connectivity index (χ0) is 8.97. The van der Waals surface area contributed by atoms with Gasteiger partial charge in [-0.15, -0.1) is 0 Å². The van der Waals surface area contributed by atoms with Gasteiger partial charge in [0.1, 0.15) is 6.26 Å². The van der Waals surface area contributed by atoms with Crippen molar-refractivity contribution in [2.75, 3.05) is 6.26 Å². The van der Waals surface area contributed by atoms with Crippen LogP contribution in [0.3, 0.4) is 0 Å².